The van der Waals surface area contributed by atoms with Crippen molar-refractivity contribution in [3.05, 3.63) is 35.6 Å². The molecule has 0 heterocycles. The Balaban J connectivity index is 0.000000123. The number of rotatable bonds is 0. The summed E-state index contributed by atoms with van der Waals surface area (Å²) in [4.78, 5) is 0. The average molecular weight is 216 g/mol. The van der Waals surface area contributed by atoms with Crippen LogP contribution in [0.15, 0.2) is 24.3 Å². The van der Waals surface area contributed by atoms with Crippen molar-refractivity contribution in [2.75, 3.05) is 0 Å². The number of fused-ring (bicyclic) bond motifs is 1. The topological polar surface area (TPSA) is 0 Å². The molecule has 0 aromatic heterocycles. The first-order chi connectivity index (χ1) is 7.79. The van der Waals surface area contributed by atoms with E-state index in [2.05, 4.69) is 5.92 Å². The molecule has 0 N–H and O–H groups in total. The van der Waals surface area contributed by atoms with E-state index in [-0.39, 0.29) is 5.82 Å². The van der Waals surface area contributed by atoms with Crippen molar-refractivity contribution < 1.29 is 4.39 Å². The third-order valence-electron chi connectivity index (χ3n) is 3.72. The van der Waals surface area contributed by atoms with Crippen LogP contribution in [0.25, 0.3) is 0 Å². The smallest absolute Gasteiger partial charge is 0.124 e. The van der Waals surface area contributed by atoms with Gasteiger partial charge in [0.05, 0.1) is 0 Å². The molecule has 1 heteroatoms. The Kier molecular flexibility index (Phi) is 3.62. The molecule has 2 aliphatic carbocycles. The summed E-state index contributed by atoms with van der Waals surface area (Å²) in [6.07, 6.45) is 12.8. The van der Waals surface area contributed by atoms with Gasteiger partial charge in [-0.25, -0.2) is 4.39 Å². The molecule has 3 rings (SSSR count). The third-order valence-corrected chi connectivity index (χ3v) is 3.72. The highest BCUT2D eigenvalue weighted by Crippen LogP contribution is 2.46. The summed E-state index contributed by atoms with van der Waals surface area (Å²) in [5.41, 5.74) is 0.579. The highest BCUT2D eigenvalue weighted by atomic mass is 19.1. The van der Waals surface area contributed by atoms with Gasteiger partial charge >= 0.3 is 0 Å². The van der Waals surface area contributed by atoms with Gasteiger partial charge in [-0.3, -0.25) is 0 Å². The van der Waals surface area contributed by atoms with Crippen molar-refractivity contribution in [1.29, 1.82) is 0 Å². The molecule has 84 valence electrons. The summed E-state index contributed by atoms with van der Waals surface area (Å²) in [6.45, 7) is 0. The second kappa shape index (κ2) is 5.16. The van der Waals surface area contributed by atoms with Crippen LogP contribution in [0.3, 0.4) is 0 Å². The number of hydrogen-bond acceptors (Lipinski definition) is 0. The molecule has 0 radical (unpaired) electrons. The Hall–Kier alpha value is -1.29. The third kappa shape index (κ3) is 2.64. The van der Waals surface area contributed by atoms with Crippen molar-refractivity contribution in [2.24, 2.45) is 11.8 Å². The standard InChI is InChI=1S/C8H5F.C7H12/c1-2-7-4-3-5-8(9)6-7;1-2-6-4-5-7(6)3-1/h1,3-6H;6-7H,1-5H2. The zero-order chi connectivity index (χ0) is 11.4. The normalized spacial score (nSPS) is 25.8. The molecule has 1 aromatic rings. The fraction of sp³-hybridized carbons (Fsp3) is 0.467. The lowest BCUT2D eigenvalue weighted by Gasteiger charge is -2.29. The van der Waals surface area contributed by atoms with Crippen LogP contribution in [0.1, 0.15) is 37.7 Å². The monoisotopic (exact) mass is 216 g/mol. The van der Waals surface area contributed by atoms with Crippen molar-refractivity contribution in [3.8, 4) is 12.3 Å². The van der Waals surface area contributed by atoms with Crippen molar-refractivity contribution in [3.63, 3.8) is 0 Å². The molecule has 2 unspecified atom stereocenters. The first-order valence-electron chi connectivity index (χ1n) is 6.02. The molecule has 0 spiro atoms. The van der Waals surface area contributed by atoms with Gasteiger partial charge in [0.1, 0.15) is 5.82 Å². The summed E-state index contributed by atoms with van der Waals surface area (Å²) in [5, 5.41) is 0. The molecular formula is C15H17F. The molecule has 1 aromatic carbocycles. The van der Waals surface area contributed by atoms with E-state index < -0.39 is 0 Å². The Morgan fingerprint density at radius 2 is 1.81 bits per heavy atom. The van der Waals surface area contributed by atoms with Crippen LogP contribution in [0.2, 0.25) is 0 Å². The molecule has 16 heavy (non-hydrogen) atoms. The molecule has 0 nitrogen and oxygen atoms in total. The Bertz CT molecular complexity index is 379. The van der Waals surface area contributed by atoms with Gasteiger partial charge in [-0.2, -0.15) is 0 Å². The lowest BCUT2D eigenvalue weighted by atomic mass is 9.77. The van der Waals surface area contributed by atoms with Crippen LogP contribution in [0, 0.1) is 30.0 Å². The number of terminal acetylenes is 1. The lowest BCUT2D eigenvalue weighted by Crippen LogP contribution is -2.18. The van der Waals surface area contributed by atoms with Crippen LogP contribution in [0.5, 0.6) is 0 Å². The molecule has 0 saturated heterocycles. The van der Waals surface area contributed by atoms with Gasteiger partial charge in [0.25, 0.3) is 0 Å². The zero-order valence-electron chi connectivity index (χ0n) is 9.45. The second-order valence-corrected chi connectivity index (χ2v) is 4.68. The van der Waals surface area contributed by atoms with Gasteiger partial charge in [0.2, 0.25) is 0 Å². The zero-order valence-corrected chi connectivity index (χ0v) is 9.45. The van der Waals surface area contributed by atoms with Gasteiger partial charge in [-0.1, -0.05) is 31.2 Å². The average Bonchev–Trinajstić information content (AvgIpc) is 2.59. The molecule has 2 saturated carbocycles. The van der Waals surface area contributed by atoms with Gasteiger partial charge < -0.3 is 0 Å². The molecule has 0 bridgehead atoms. The van der Waals surface area contributed by atoms with E-state index in [4.69, 9.17) is 6.42 Å². The van der Waals surface area contributed by atoms with Crippen LogP contribution >= 0.6 is 0 Å². The van der Waals surface area contributed by atoms with Gasteiger partial charge in [-0.15, -0.1) is 6.42 Å². The van der Waals surface area contributed by atoms with Gasteiger partial charge in [0.15, 0.2) is 0 Å². The SMILES string of the molecule is C#Cc1cccc(F)c1.C1CC2CCC2C1. The highest BCUT2D eigenvalue weighted by Gasteiger charge is 2.34. The molecule has 2 fully saturated rings. The van der Waals surface area contributed by atoms with E-state index in [9.17, 15) is 4.39 Å². The lowest BCUT2D eigenvalue weighted by molar-refractivity contribution is 0.219. The molecule has 0 amide bonds. The molecule has 2 aliphatic rings. The maximum absolute atomic E-state index is 12.3. The van der Waals surface area contributed by atoms with Crippen molar-refractivity contribution in [1.82, 2.24) is 0 Å². The predicted octanol–water partition coefficient (Wildman–Crippen LogP) is 4.00. The number of halogens is 1. The Labute approximate surface area is 96.9 Å². The minimum atomic E-state index is -0.287. The Morgan fingerprint density at radius 1 is 1.12 bits per heavy atom. The summed E-state index contributed by atoms with van der Waals surface area (Å²) in [7, 11) is 0. The van der Waals surface area contributed by atoms with Gasteiger partial charge in [0, 0.05) is 5.56 Å². The molecule has 0 aliphatic heterocycles. The first-order valence-corrected chi connectivity index (χ1v) is 6.02. The van der Waals surface area contributed by atoms with E-state index in [0.29, 0.717) is 5.56 Å². The quantitative estimate of drug-likeness (QED) is 0.575. The maximum Gasteiger partial charge on any atom is 0.124 e. The largest absolute Gasteiger partial charge is 0.207 e. The highest BCUT2D eigenvalue weighted by molar-refractivity contribution is 5.31. The minimum Gasteiger partial charge on any atom is -0.207 e. The van der Waals surface area contributed by atoms with E-state index in [1.54, 1.807) is 37.8 Å². The van der Waals surface area contributed by atoms with Crippen LogP contribution in [-0.4, -0.2) is 0 Å². The fourth-order valence-corrected chi connectivity index (χ4v) is 2.62. The minimum absolute atomic E-state index is 0.287. The summed E-state index contributed by atoms with van der Waals surface area (Å²) >= 11 is 0. The fourth-order valence-electron chi connectivity index (χ4n) is 2.62. The van der Waals surface area contributed by atoms with E-state index in [0.717, 1.165) is 0 Å². The Morgan fingerprint density at radius 3 is 2.19 bits per heavy atom. The number of hydrogen-bond donors (Lipinski definition) is 0. The van der Waals surface area contributed by atoms with Crippen LogP contribution < -0.4 is 0 Å². The molecular weight excluding hydrogens is 199 g/mol. The summed E-state index contributed by atoms with van der Waals surface area (Å²) in [6, 6.07) is 5.95. The van der Waals surface area contributed by atoms with E-state index >= 15 is 0 Å². The van der Waals surface area contributed by atoms with E-state index in [1.165, 1.54) is 30.4 Å². The van der Waals surface area contributed by atoms with Gasteiger partial charge in [-0.05, 0) is 42.9 Å². The van der Waals surface area contributed by atoms with Crippen molar-refractivity contribution >= 4 is 0 Å². The maximum atomic E-state index is 12.3. The molecule has 2 atom stereocenters. The second-order valence-electron chi connectivity index (χ2n) is 4.68. The summed E-state index contributed by atoms with van der Waals surface area (Å²) in [5.74, 6) is 4.43. The predicted molar refractivity (Wildman–Crippen MR) is 64.4 cm³/mol. The number of benzene rings is 1. The van der Waals surface area contributed by atoms with Crippen LogP contribution in [0.4, 0.5) is 4.39 Å². The van der Waals surface area contributed by atoms with E-state index in [1.807, 2.05) is 0 Å². The first kappa shape index (κ1) is 11.2. The summed E-state index contributed by atoms with van der Waals surface area (Å²) < 4.78 is 12.3. The van der Waals surface area contributed by atoms with Crippen LogP contribution in [-0.2, 0) is 0 Å². The van der Waals surface area contributed by atoms with Crippen molar-refractivity contribution in [2.45, 2.75) is 32.1 Å².